The lowest BCUT2D eigenvalue weighted by molar-refractivity contribution is 0.194. The number of anilines is 1. The van der Waals surface area contributed by atoms with E-state index in [0.717, 1.165) is 5.56 Å². The molecule has 0 bridgehead atoms. The number of rotatable bonds is 4. The van der Waals surface area contributed by atoms with Crippen LogP contribution in [0, 0.1) is 5.82 Å². The van der Waals surface area contributed by atoms with Gasteiger partial charge in [0.1, 0.15) is 18.0 Å². The van der Waals surface area contributed by atoms with E-state index in [9.17, 15) is 9.50 Å². The third-order valence-electron chi connectivity index (χ3n) is 3.75. The molecule has 6 heteroatoms. The fraction of sp³-hybridized carbons (Fsp3) is 0.375. The highest BCUT2D eigenvalue weighted by Gasteiger charge is 2.33. The molecule has 1 N–H and O–H groups in total. The normalized spacial score (nSPS) is 21.1. The highest BCUT2D eigenvalue weighted by atomic mass is 19.1. The van der Waals surface area contributed by atoms with Gasteiger partial charge in [0.25, 0.3) is 0 Å². The Morgan fingerprint density at radius 2 is 2.09 bits per heavy atom. The van der Waals surface area contributed by atoms with Gasteiger partial charge in [-0.1, -0.05) is 12.1 Å². The fourth-order valence-electron chi connectivity index (χ4n) is 2.78. The molecule has 1 aromatic heterocycles. The van der Waals surface area contributed by atoms with Gasteiger partial charge in [0.15, 0.2) is 0 Å². The first-order chi connectivity index (χ1) is 10.7. The highest BCUT2D eigenvalue weighted by molar-refractivity contribution is 5.46. The molecule has 1 aliphatic rings. The molecule has 2 heterocycles. The zero-order chi connectivity index (χ0) is 15.5. The van der Waals surface area contributed by atoms with Gasteiger partial charge < -0.3 is 14.7 Å². The van der Waals surface area contributed by atoms with Gasteiger partial charge in [-0.05, 0) is 31.0 Å². The molecule has 0 amide bonds. The summed E-state index contributed by atoms with van der Waals surface area (Å²) in [6.45, 7) is 2.90. The van der Waals surface area contributed by atoms with Crippen LogP contribution in [-0.4, -0.2) is 34.3 Å². The van der Waals surface area contributed by atoms with Crippen molar-refractivity contribution in [2.45, 2.75) is 25.5 Å². The van der Waals surface area contributed by atoms with E-state index >= 15 is 0 Å². The Kier molecular flexibility index (Phi) is 4.20. The van der Waals surface area contributed by atoms with Crippen LogP contribution < -0.4 is 9.64 Å². The lowest BCUT2D eigenvalue weighted by atomic mass is 10.0. The van der Waals surface area contributed by atoms with E-state index in [-0.39, 0.29) is 11.9 Å². The third-order valence-corrected chi connectivity index (χ3v) is 3.75. The maximum Gasteiger partial charge on any atom is 0.218 e. The van der Waals surface area contributed by atoms with Crippen LogP contribution in [0.1, 0.15) is 24.9 Å². The first kappa shape index (κ1) is 14.7. The van der Waals surface area contributed by atoms with Crippen LogP contribution in [0.3, 0.4) is 0 Å². The van der Waals surface area contributed by atoms with Gasteiger partial charge in [-0.25, -0.2) is 14.4 Å². The third kappa shape index (κ3) is 3.01. The number of halogens is 1. The minimum Gasteiger partial charge on any atom is -0.478 e. The molecule has 2 atom stereocenters. The van der Waals surface area contributed by atoms with Gasteiger partial charge in [-0.3, -0.25) is 0 Å². The molecule has 116 valence electrons. The Balaban J connectivity index is 1.90. The van der Waals surface area contributed by atoms with Crippen LogP contribution in [0.5, 0.6) is 5.88 Å². The molecule has 1 saturated heterocycles. The summed E-state index contributed by atoms with van der Waals surface area (Å²) in [5.74, 6) is 0.936. The van der Waals surface area contributed by atoms with Crippen molar-refractivity contribution < 1.29 is 14.2 Å². The van der Waals surface area contributed by atoms with Crippen molar-refractivity contribution in [2.75, 3.05) is 18.1 Å². The molecule has 1 aromatic carbocycles. The molecule has 0 radical (unpaired) electrons. The number of hydrogen-bond acceptors (Lipinski definition) is 5. The van der Waals surface area contributed by atoms with E-state index in [1.807, 2.05) is 11.8 Å². The van der Waals surface area contributed by atoms with E-state index in [1.54, 1.807) is 18.2 Å². The Morgan fingerprint density at radius 3 is 2.82 bits per heavy atom. The maximum atomic E-state index is 13.1. The summed E-state index contributed by atoms with van der Waals surface area (Å²) >= 11 is 0. The SMILES string of the molecule is CCOc1cc(N2C[C@@H](O)C[C@@H]2c2ccc(F)cc2)ncn1. The molecule has 0 spiro atoms. The second-order valence-corrected chi connectivity index (χ2v) is 5.26. The topological polar surface area (TPSA) is 58.5 Å². The summed E-state index contributed by atoms with van der Waals surface area (Å²) in [6, 6.07) is 8.08. The van der Waals surface area contributed by atoms with E-state index in [1.165, 1.54) is 18.5 Å². The molecule has 1 aliphatic heterocycles. The van der Waals surface area contributed by atoms with Crippen LogP contribution in [-0.2, 0) is 0 Å². The summed E-state index contributed by atoms with van der Waals surface area (Å²) in [6.07, 6.45) is 1.59. The molecular formula is C16H18FN3O2. The van der Waals surface area contributed by atoms with Gasteiger partial charge in [0.2, 0.25) is 5.88 Å². The monoisotopic (exact) mass is 303 g/mol. The minimum absolute atomic E-state index is 0.0417. The summed E-state index contributed by atoms with van der Waals surface area (Å²) in [7, 11) is 0. The van der Waals surface area contributed by atoms with Crippen molar-refractivity contribution in [3.63, 3.8) is 0 Å². The Bertz CT molecular complexity index is 636. The lowest BCUT2D eigenvalue weighted by Gasteiger charge is -2.25. The zero-order valence-corrected chi connectivity index (χ0v) is 12.3. The predicted octanol–water partition coefficient (Wildman–Crippen LogP) is 2.33. The summed E-state index contributed by atoms with van der Waals surface area (Å²) in [5.41, 5.74) is 0.953. The van der Waals surface area contributed by atoms with Crippen molar-refractivity contribution in [3.8, 4) is 5.88 Å². The number of β-amino-alcohol motifs (C(OH)–C–C–N with tert-alkyl or cyclic N) is 1. The van der Waals surface area contributed by atoms with Crippen LogP contribution >= 0.6 is 0 Å². The van der Waals surface area contributed by atoms with Crippen LogP contribution in [0.25, 0.3) is 0 Å². The number of aromatic nitrogens is 2. The number of aliphatic hydroxyl groups is 1. The van der Waals surface area contributed by atoms with E-state index in [2.05, 4.69) is 9.97 Å². The van der Waals surface area contributed by atoms with Crippen molar-refractivity contribution in [1.82, 2.24) is 9.97 Å². The Hall–Kier alpha value is -2.21. The van der Waals surface area contributed by atoms with Gasteiger partial charge in [-0.15, -0.1) is 0 Å². The van der Waals surface area contributed by atoms with Crippen molar-refractivity contribution in [2.24, 2.45) is 0 Å². The molecule has 3 rings (SSSR count). The first-order valence-corrected chi connectivity index (χ1v) is 7.32. The van der Waals surface area contributed by atoms with Gasteiger partial charge in [0.05, 0.1) is 18.8 Å². The van der Waals surface area contributed by atoms with Crippen LogP contribution in [0.15, 0.2) is 36.7 Å². The van der Waals surface area contributed by atoms with Crippen LogP contribution in [0.4, 0.5) is 10.2 Å². The summed E-state index contributed by atoms with van der Waals surface area (Å²) in [4.78, 5) is 10.3. The number of ether oxygens (including phenoxy) is 1. The van der Waals surface area contributed by atoms with Crippen molar-refractivity contribution in [1.29, 1.82) is 0 Å². The Labute approximate surface area is 128 Å². The van der Waals surface area contributed by atoms with Gasteiger partial charge >= 0.3 is 0 Å². The molecule has 0 aliphatic carbocycles. The molecule has 5 nitrogen and oxygen atoms in total. The predicted molar refractivity (Wildman–Crippen MR) is 80.3 cm³/mol. The van der Waals surface area contributed by atoms with E-state index < -0.39 is 6.10 Å². The molecule has 0 saturated carbocycles. The lowest BCUT2D eigenvalue weighted by Crippen LogP contribution is -2.25. The molecule has 22 heavy (non-hydrogen) atoms. The average Bonchev–Trinajstić information content (AvgIpc) is 2.91. The number of hydrogen-bond donors (Lipinski definition) is 1. The molecule has 0 unspecified atom stereocenters. The first-order valence-electron chi connectivity index (χ1n) is 7.32. The van der Waals surface area contributed by atoms with E-state index in [0.29, 0.717) is 31.3 Å². The quantitative estimate of drug-likeness (QED) is 0.939. The maximum absolute atomic E-state index is 13.1. The zero-order valence-electron chi connectivity index (χ0n) is 12.3. The second-order valence-electron chi connectivity index (χ2n) is 5.26. The second kappa shape index (κ2) is 6.27. The molecular weight excluding hydrogens is 285 g/mol. The highest BCUT2D eigenvalue weighted by Crippen LogP contribution is 2.36. The minimum atomic E-state index is -0.444. The number of aliphatic hydroxyl groups excluding tert-OH is 1. The molecule has 2 aromatic rings. The largest absolute Gasteiger partial charge is 0.478 e. The fourth-order valence-corrected chi connectivity index (χ4v) is 2.78. The number of benzene rings is 1. The van der Waals surface area contributed by atoms with Gasteiger partial charge in [0, 0.05) is 12.6 Å². The Morgan fingerprint density at radius 1 is 1.32 bits per heavy atom. The number of nitrogens with zero attached hydrogens (tertiary/aromatic N) is 3. The summed E-state index contributed by atoms with van der Waals surface area (Å²) < 4.78 is 18.5. The smallest absolute Gasteiger partial charge is 0.218 e. The summed E-state index contributed by atoms with van der Waals surface area (Å²) in [5, 5.41) is 10.0. The van der Waals surface area contributed by atoms with Crippen LogP contribution in [0.2, 0.25) is 0 Å². The standard InChI is InChI=1S/C16H18FN3O2/c1-2-22-16-8-15(18-10-19-16)20-9-13(21)7-14(20)11-3-5-12(17)6-4-11/h3-6,8,10,13-14,21H,2,7,9H2,1H3/t13-,14+/m0/s1. The van der Waals surface area contributed by atoms with Gasteiger partial charge in [-0.2, -0.15) is 0 Å². The van der Waals surface area contributed by atoms with E-state index in [4.69, 9.17) is 4.74 Å². The van der Waals surface area contributed by atoms with Crippen molar-refractivity contribution >= 4 is 5.82 Å². The average molecular weight is 303 g/mol. The van der Waals surface area contributed by atoms with Crippen molar-refractivity contribution in [3.05, 3.63) is 48.0 Å². The molecule has 1 fully saturated rings.